The predicted octanol–water partition coefficient (Wildman–Crippen LogP) is 6.41. The number of rotatable bonds is 11. The third kappa shape index (κ3) is 6.22. The zero-order chi connectivity index (χ0) is 30.5. The Bertz CT molecular complexity index is 2060. The summed E-state index contributed by atoms with van der Waals surface area (Å²) < 4.78 is 14.8. The Morgan fingerprint density at radius 3 is 2.55 bits per heavy atom. The third-order valence-electron chi connectivity index (χ3n) is 6.66. The highest BCUT2D eigenvalue weighted by molar-refractivity contribution is 7.99. The number of aromatic nitrogens is 5. The normalized spacial score (nSPS) is 11.9. The first-order valence-electron chi connectivity index (χ1n) is 14.0. The van der Waals surface area contributed by atoms with Crippen molar-refractivity contribution in [1.82, 2.24) is 24.4 Å². The van der Waals surface area contributed by atoms with E-state index in [4.69, 9.17) is 14.6 Å². The number of ether oxygens (including phenoxy) is 2. The van der Waals surface area contributed by atoms with E-state index in [1.165, 1.54) is 20.7 Å². The first kappa shape index (κ1) is 29.2. The molecule has 0 saturated heterocycles. The molecule has 0 bridgehead atoms. The summed E-state index contributed by atoms with van der Waals surface area (Å²) in [5, 5.41) is 9.36. The number of para-hydroxylation sites is 1. The van der Waals surface area contributed by atoms with E-state index in [0.29, 0.717) is 33.4 Å². The Morgan fingerprint density at radius 2 is 1.82 bits per heavy atom. The van der Waals surface area contributed by atoms with Crippen molar-refractivity contribution in [3.05, 3.63) is 123 Å². The van der Waals surface area contributed by atoms with Crippen LogP contribution in [0.2, 0.25) is 0 Å². The molecule has 0 aliphatic rings. The number of nitrogens with zero attached hydrogens (tertiary/aromatic N) is 5. The minimum Gasteiger partial charge on any atom is -0.493 e. The number of thioether (sulfide) groups is 1. The monoisotopic (exact) mass is 619 g/mol. The van der Waals surface area contributed by atoms with Gasteiger partial charge in [0.15, 0.2) is 17.3 Å². The lowest BCUT2D eigenvalue weighted by atomic mass is 10.1. The highest BCUT2D eigenvalue weighted by Crippen LogP contribution is 2.29. The second kappa shape index (κ2) is 13.2. The average Bonchev–Trinajstić information content (AvgIpc) is 3.74. The van der Waals surface area contributed by atoms with Gasteiger partial charge >= 0.3 is 0 Å². The quantitative estimate of drug-likeness (QED) is 0.122. The molecule has 6 rings (SSSR count). The molecular formula is C34H29N5O3S2. The molecule has 44 heavy (non-hydrogen) atoms. The van der Waals surface area contributed by atoms with Crippen molar-refractivity contribution in [2.75, 3.05) is 19.5 Å². The molecule has 3 aromatic heterocycles. The van der Waals surface area contributed by atoms with Crippen LogP contribution in [0.3, 0.4) is 0 Å². The molecule has 10 heteroatoms. The van der Waals surface area contributed by atoms with Crippen LogP contribution in [-0.4, -0.2) is 43.8 Å². The maximum atomic E-state index is 13.4. The molecule has 0 aliphatic carbocycles. The molecule has 0 fully saturated rings. The van der Waals surface area contributed by atoms with Crippen LogP contribution in [0.5, 0.6) is 11.5 Å². The van der Waals surface area contributed by atoms with Gasteiger partial charge in [0.1, 0.15) is 6.61 Å². The van der Waals surface area contributed by atoms with Crippen molar-refractivity contribution in [3.8, 4) is 28.4 Å². The lowest BCUT2D eigenvalue weighted by molar-refractivity contribution is 0.326. The number of thiazole rings is 1. The molecule has 0 aliphatic heterocycles. The Kier molecular flexibility index (Phi) is 8.71. The standard InChI is InChI=1S/C34H29N5O3S2/c1-4-19-42-28-17-11-23(20-29(28)41-3)12-18-31-35-34-39(36-31)33(40)30(44-34)21-25-22-38(26-9-7-6-8-10-26)37-32(25)24-13-15-27(16-14-24)43-5-2/h4,6-18,20-22H,1,5,19H2,2-3H3/b18-12+,30-21-. The van der Waals surface area contributed by atoms with Crippen molar-refractivity contribution >= 4 is 46.3 Å². The van der Waals surface area contributed by atoms with E-state index < -0.39 is 0 Å². The number of hydrogen-bond acceptors (Lipinski definition) is 8. The van der Waals surface area contributed by atoms with Crippen LogP contribution in [0.15, 0.2) is 101 Å². The van der Waals surface area contributed by atoms with E-state index >= 15 is 0 Å². The summed E-state index contributed by atoms with van der Waals surface area (Å²) in [5.41, 5.74) is 4.19. The van der Waals surface area contributed by atoms with Crippen molar-refractivity contribution in [2.24, 2.45) is 0 Å². The first-order valence-corrected chi connectivity index (χ1v) is 15.8. The molecule has 0 saturated carbocycles. The van der Waals surface area contributed by atoms with Crippen molar-refractivity contribution in [1.29, 1.82) is 0 Å². The molecule has 8 nitrogen and oxygen atoms in total. The SMILES string of the molecule is C=CCOc1ccc(/C=C/c2nc3s/c(=C\c4cn(-c5ccccc5)nc4-c4ccc(SCC)cc4)c(=O)n3n2)cc1OC. The van der Waals surface area contributed by atoms with Gasteiger partial charge < -0.3 is 9.47 Å². The van der Waals surface area contributed by atoms with Crippen molar-refractivity contribution in [2.45, 2.75) is 11.8 Å². The Hall–Kier alpha value is -4.93. The topological polar surface area (TPSA) is 83.5 Å². The highest BCUT2D eigenvalue weighted by Gasteiger charge is 2.14. The van der Waals surface area contributed by atoms with Gasteiger partial charge in [0.2, 0.25) is 4.96 Å². The molecular weight excluding hydrogens is 591 g/mol. The van der Waals surface area contributed by atoms with Gasteiger partial charge in [-0.2, -0.15) is 14.6 Å². The summed E-state index contributed by atoms with van der Waals surface area (Å²) in [7, 11) is 1.59. The molecule has 0 atom stereocenters. The molecule has 3 heterocycles. The summed E-state index contributed by atoms with van der Waals surface area (Å²) >= 11 is 3.09. The van der Waals surface area contributed by atoms with Crippen LogP contribution in [0.4, 0.5) is 0 Å². The third-order valence-corrected chi connectivity index (χ3v) is 8.51. The van der Waals surface area contributed by atoms with Gasteiger partial charge in [0.25, 0.3) is 5.56 Å². The molecule has 220 valence electrons. The smallest absolute Gasteiger partial charge is 0.291 e. The molecule has 3 aromatic carbocycles. The summed E-state index contributed by atoms with van der Waals surface area (Å²) in [4.78, 5) is 19.7. The Labute approximate surface area is 262 Å². The zero-order valence-corrected chi connectivity index (χ0v) is 25.8. The van der Waals surface area contributed by atoms with Crippen LogP contribution in [-0.2, 0) is 0 Å². The summed E-state index contributed by atoms with van der Waals surface area (Å²) in [6, 6.07) is 23.9. The van der Waals surface area contributed by atoms with Gasteiger partial charge in [-0.05, 0) is 59.9 Å². The maximum absolute atomic E-state index is 13.4. The molecule has 0 unspecified atom stereocenters. The second-order valence-electron chi connectivity index (χ2n) is 9.59. The van der Waals surface area contributed by atoms with Gasteiger partial charge in [-0.1, -0.05) is 73.4 Å². The Balaban J connectivity index is 1.33. The highest BCUT2D eigenvalue weighted by atomic mass is 32.2. The summed E-state index contributed by atoms with van der Waals surface area (Å²) in [6.45, 7) is 6.20. The number of fused-ring (bicyclic) bond motifs is 1. The van der Waals surface area contributed by atoms with Gasteiger partial charge in [-0.25, -0.2) is 4.68 Å². The molecule has 0 N–H and O–H groups in total. The zero-order valence-electron chi connectivity index (χ0n) is 24.2. The summed E-state index contributed by atoms with van der Waals surface area (Å²) in [6.07, 6.45) is 9.14. The fraction of sp³-hybridized carbons (Fsp3) is 0.118. The summed E-state index contributed by atoms with van der Waals surface area (Å²) in [5.74, 6) is 2.69. The Morgan fingerprint density at radius 1 is 1.00 bits per heavy atom. The van der Waals surface area contributed by atoms with Gasteiger partial charge in [0, 0.05) is 22.2 Å². The van der Waals surface area contributed by atoms with Crippen molar-refractivity contribution in [3.63, 3.8) is 0 Å². The van der Waals surface area contributed by atoms with Crippen LogP contribution in [0.25, 0.3) is 40.1 Å². The van der Waals surface area contributed by atoms with Crippen LogP contribution in [0, 0.1) is 0 Å². The van der Waals surface area contributed by atoms with E-state index in [2.05, 4.69) is 47.9 Å². The van der Waals surface area contributed by atoms with E-state index in [0.717, 1.165) is 33.8 Å². The lowest BCUT2D eigenvalue weighted by Gasteiger charge is -2.09. The number of hydrogen-bond donors (Lipinski definition) is 0. The predicted molar refractivity (Wildman–Crippen MR) is 179 cm³/mol. The van der Waals surface area contributed by atoms with Crippen LogP contribution in [0.1, 0.15) is 23.9 Å². The van der Waals surface area contributed by atoms with E-state index in [1.54, 1.807) is 31.0 Å². The first-order chi connectivity index (χ1) is 21.6. The van der Waals surface area contributed by atoms with Crippen LogP contribution < -0.4 is 19.6 Å². The lowest BCUT2D eigenvalue weighted by Crippen LogP contribution is -2.23. The maximum Gasteiger partial charge on any atom is 0.291 e. The van der Waals surface area contributed by atoms with Gasteiger partial charge in [0.05, 0.1) is 23.0 Å². The second-order valence-corrected chi connectivity index (χ2v) is 11.9. The minimum absolute atomic E-state index is 0.226. The fourth-order valence-corrected chi connectivity index (χ4v) is 6.16. The van der Waals surface area contributed by atoms with Gasteiger partial charge in [-0.15, -0.1) is 16.9 Å². The molecule has 6 aromatic rings. The number of benzene rings is 3. The van der Waals surface area contributed by atoms with E-state index in [1.807, 2.05) is 71.6 Å². The molecule has 0 amide bonds. The van der Waals surface area contributed by atoms with Crippen LogP contribution >= 0.6 is 23.1 Å². The average molecular weight is 620 g/mol. The molecule has 0 radical (unpaired) electrons. The van der Waals surface area contributed by atoms with Crippen molar-refractivity contribution < 1.29 is 9.47 Å². The fourth-order valence-electron chi connectivity index (χ4n) is 4.59. The largest absolute Gasteiger partial charge is 0.493 e. The van der Waals surface area contributed by atoms with E-state index in [-0.39, 0.29) is 5.56 Å². The molecule has 0 spiro atoms. The minimum atomic E-state index is -0.226. The van der Waals surface area contributed by atoms with E-state index in [9.17, 15) is 4.79 Å². The number of methoxy groups -OCH3 is 1. The van der Waals surface area contributed by atoms with Gasteiger partial charge in [-0.3, -0.25) is 4.79 Å².